The third kappa shape index (κ3) is 8.10. The van der Waals surface area contributed by atoms with E-state index in [4.69, 9.17) is 5.11 Å². The fraction of sp³-hybridized carbons (Fsp3) is 0.737. The summed E-state index contributed by atoms with van der Waals surface area (Å²) in [5, 5.41) is 8.61. The molecule has 0 saturated heterocycles. The van der Waals surface area contributed by atoms with Crippen LogP contribution in [0.3, 0.4) is 0 Å². The molecule has 0 amide bonds. The van der Waals surface area contributed by atoms with Gasteiger partial charge in [0.2, 0.25) is 0 Å². The third-order valence-corrected chi connectivity index (χ3v) is 4.62. The molecule has 0 radical (unpaired) electrons. The molecule has 130 valence electrons. The largest absolute Gasteiger partial charge is 0.481 e. The van der Waals surface area contributed by atoms with Crippen molar-refractivity contribution in [3.05, 3.63) is 12.2 Å². The molecule has 1 aliphatic rings. The van der Waals surface area contributed by atoms with Gasteiger partial charge < -0.3 is 5.11 Å². The zero-order chi connectivity index (χ0) is 17.1. The predicted molar refractivity (Wildman–Crippen MR) is 90.2 cm³/mol. The van der Waals surface area contributed by atoms with Gasteiger partial charge in [-0.15, -0.1) is 0 Å². The second-order valence-corrected chi connectivity index (χ2v) is 6.55. The van der Waals surface area contributed by atoms with Gasteiger partial charge in [-0.3, -0.25) is 14.4 Å². The molecule has 0 aliphatic heterocycles. The number of unbranched alkanes of at least 4 members (excludes halogenated alkanes) is 4. The Labute approximate surface area is 139 Å². The molecular formula is C19H30O4. The minimum absolute atomic E-state index is 0.0273. The van der Waals surface area contributed by atoms with Crippen molar-refractivity contribution in [2.75, 3.05) is 0 Å². The molecule has 1 N–H and O–H groups in total. The molecule has 1 saturated carbocycles. The molecule has 0 spiro atoms. The Morgan fingerprint density at radius 3 is 2.57 bits per heavy atom. The van der Waals surface area contributed by atoms with Gasteiger partial charge in [0.15, 0.2) is 5.78 Å². The molecule has 4 heteroatoms. The van der Waals surface area contributed by atoms with E-state index in [9.17, 15) is 14.4 Å². The summed E-state index contributed by atoms with van der Waals surface area (Å²) in [4.78, 5) is 34.3. The first-order valence-electron chi connectivity index (χ1n) is 9.00. The van der Waals surface area contributed by atoms with E-state index in [0.717, 1.165) is 44.9 Å². The van der Waals surface area contributed by atoms with Gasteiger partial charge >= 0.3 is 5.97 Å². The number of carbonyl (C=O) groups is 3. The number of hydrogen-bond acceptors (Lipinski definition) is 3. The van der Waals surface area contributed by atoms with E-state index in [-0.39, 0.29) is 24.0 Å². The number of carbonyl (C=O) groups excluding carboxylic acids is 2. The molecule has 2 unspecified atom stereocenters. The van der Waals surface area contributed by atoms with Crippen molar-refractivity contribution in [2.24, 2.45) is 11.8 Å². The summed E-state index contributed by atoms with van der Waals surface area (Å²) in [6, 6.07) is 0. The molecule has 23 heavy (non-hydrogen) atoms. The fourth-order valence-corrected chi connectivity index (χ4v) is 3.22. The van der Waals surface area contributed by atoms with Gasteiger partial charge in [-0.25, -0.2) is 0 Å². The van der Waals surface area contributed by atoms with E-state index in [2.05, 4.69) is 6.92 Å². The molecule has 4 nitrogen and oxygen atoms in total. The number of rotatable bonds is 12. The maximum absolute atomic E-state index is 12.0. The molecule has 0 aromatic heterocycles. The van der Waals surface area contributed by atoms with Crippen molar-refractivity contribution < 1.29 is 19.5 Å². The molecular weight excluding hydrogens is 292 g/mol. The molecule has 0 bridgehead atoms. The summed E-state index contributed by atoms with van der Waals surface area (Å²) in [6.45, 7) is 2.12. The zero-order valence-corrected chi connectivity index (χ0v) is 14.3. The minimum Gasteiger partial charge on any atom is -0.481 e. The van der Waals surface area contributed by atoms with Crippen molar-refractivity contribution >= 4 is 17.5 Å². The standard InChI is InChI=1S/C19H30O4/c1-2-3-5-8-16(20)13-11-15-12-14-18(21)17(15)9-6-4-7-10-19(22)23/h11,13,15,17H,2-10,12,14H2,1H3,(H,22,23). The lowest BCUT2D eigenvalue weighted by molar-refractivity contribution is -0.137. The van der Waals surface area contributed by atoms with E-state index in [1.807, 2.05) is 6.08 Å². The highest BCUT2D eigenvalue weighted by Gasteiger charge is 2.32. The van der Waals surface area contributed by atoms with Crippen molar-refractivity contribution in [3.63, 3.8) is 0 Å². The van der Waals surface area contributed by atoms with Crippen molar-refractivity contribution in [1.82, 2.24) is 0 Å². The Hall–Kier alpha value is -1.45. The van der Waals surface area contributed by atoms with E-state index < -0.39 is 5.97 Å². The number of Topliss-reactive ketones (excluding diaryl/α,β-unsaturated/α-hetero) is 1. The summed E-state index contributed by atoms with van der Waals surface area (Å²) in [5.74, 6) is -0.0738. The van der Waals surface area contributed by atoms with Crippen molar-refractivity contribution in [1.29, 1.82) is 0 Å². The second kappa shape index (κ2) is 11.1. The van der Waals surface area contributed by atoms with Crippen LogP contribution in [0.25, 0.3) is 0 Å². The van der Waals surface area contributed by atoms with Gasteiger partial charge in [0.25, 0.3) is 0 Å². The lowest BCUT2D eigenvalue weighted by Crippen LogP contribution is -2.13. The van der Waals surface area contributed by atoms with Gasteiger partial charge in [-0.1, -0.05) is 38.7 Å². The molecule has 0 aromatic carbocycles. The lowest BCUT2D eigenvalue weighted by atomic mass is 9.89. The van der Waals surface area contributed by atoms with Crippen LogP contribution in [0.4, 0.5) is 0 Å². The SMILES string of the molecule is CCCCCC(=O)C=CC1CCC(=O)C1CCCCCC(=O)O. The van der Waals surface area contributed by atoms with Crippen molar-refractivity contribution in [3.8, 4) is 0 Å². The number of carboxylic acids is 1. The minimum atomic E-state index is -0.760. The van der Waals surface area contributed by atoms with Gasteiger partial charge in [0.05, 0.1) is 0 Å². The second-order valence-electron chi connectivity index (χ2n) is 6.55. The van der Waals surface area contributed by atoms with Crippen LogP contribution >= 0.6 is 0 Å². The highest BCUT2D eigenvalue weighted by atomic mass is 16.4. The highest BCUT2D eigenvalue weighted by molar-refractivity contribution is 5.90. The van der Waals surface area contributed by atoms with Crippen LogP contribution in [0, 0.1) is 11.8 Å². The molecule has 0 aromatic rings. The summed E-state index contributed by atoms with van der Waals surface area (Å²) < 4.78 is 0. The van der Waals surface area contributed by atoms with Crippen LogP contribution < -0.4 is 0 Å². The Morgan fingerprint density at radius 2 is 1.87 bits per heavy atom. The van der Waals surface area contributed by atoms with Gasteiger partial charge in [-0.05, 0) is 37.7 Å². The molecule has 1 aliphatic carbocycles. The van der Waals surface area contributed by atoms with Crippen LogP contribution in [0.5, 0.6) is 0 Å². The Morgan fingerprint density at radius 1 is 1.13 bits per heavy atom. The summed E-state index contributed by atoms with van der Waals surface area (Å²) in [5.41, 5.74) is 0. The summed E-state index contributed by atoms with van der Waals surface area (Å²) in [6.07, 6.45) is 12.2. The van der Waals surface area contributed by atoms with E-state index in [1.165, 1.54) is 0 Å². The van der Waals surface area contributed by atoms with Crippen LogP contribution in [0.2, 0.25) is 0 Å². The first kappa shape index (κ1) is 19.6. The monoisotopic (exact) mass is 322 g/mol. The Kier molecular flexibility index (Phi) is 9.49. The summed E-state index contributed by atoms with van der Waals surface area (Å²) in [7, 11) is 0. The molecule has 0 heterocycles. The first-order chi connectivity index (χ1) is 11.0. The zero-order valence-electron chi connectivity index (χ0n) is 14.3. The topological polar surface area (TPSA) is 71.4 Å². The normalized spacial score (nSPS) is 21.2. The van der Waals surface area contributed by atoms with Crippen LogP contribution in [-0.4, -0.2) is 22.6 Å². The maximum Gasteiger partial charge on any atom is 0.303 e. The summed E-state index contributed by atoms with van der Waals surface area (Å²) >= 11 is 0. The molecule has 2 atom stereocenters. The van der Waals surface area contributed by atoms with E-state index >= 15 is 0 Å². The average molecular weight is 322 g/mol. The quantitative estimate of drug-likeness (QED) is 0.429. The number of carboxylic acid groups (broad SMARTS) is 1. The average Bonchev–Trinajstić information content (AvgIpc) is 2.85. The first-order valence-corrected chi connectivity index (χ1v) is 9.00. The van der Waals surface area contributed by atoms with Crippen LogP contribution in [-0.2, 0) is 14.4 Å². The fourth-order valence-electron chi connectivity index (χ4n) is 3.22. The number of aliphatic carboxylic acids is 1. The van der Waals surface area contributed by atoms with Crippen molar-refractivity contribution in [2.45, 2.75) is 77.6 Å². The lowest BCUT2D eigenvalue weighted by Gasteiger charge is -2.14. The number of hydrogen-bond donors (Lipinski definition) is 1. The van der Waals surface area contributed by atoms with Crippen LogP contribution in [0.1, 0.15) is 77.6 Å². The maximum atomic E-state index is 12.0. The predicted octanol–water partition coefficient (Wildman–Crippen LogP) is 4.32. The van der Waals surface area contributed by atoms with E-state index in [1.54, 1.807) is 6.08 Å². The van der Waals surface area contributed by atoms with Gasteiger partial charge in [0.1, 0.15) is 5.78 Å². The Bertz CT molecular complexity index is 425. The van der Waals surface area contributed by atoms with Gasteiger partial charge in [0, 0.05) is 25.2 Å². The molecule has 1 fully saturated rings. The smallest absolute Gasteiger partial charge is 0.303 e. The van der Waals surface area contributed by atoms with Gasteiger partial charge in [-0.2, -0.15) is 0 Å². The molecule has 1 rings (SSSR count). The number of ketones is 2. The number of allylic oxidation sites excluding steroid dienone is 2. The van der Waals surface area contributed by atoms with Crippen LogP contribution in [0.15, 0.2) is 12.2 Å². The third-order valence-electron chi connectivity index (χ3n) is 4.62. The van der Waals surface area contributed by atoms with E-state index in [0.29, 0.717) is 25.0 Å². The highest BCUT2D eigenvalue weighted by Crippen LogP contribution is 2.33. The Balaban J connectivity index is 2.34.